The first kappa shape index (κ1) is 18.6. The fourth-order valence-corrected chi connectivity index (χ4v) is 4.44. The van der Waals surface area contributed by atoms with E-state index in [-0.39, 0.29) is 0 Å². The Kier molecular flexibility index (Phi) is 5.13. The predicted octanol–water partition coefficient (Wildman–Crippen LogP) is 6.48. The zero-order valence-electron chi connectivity index (χ0n) is 16.9. The Balaban J connectivity index is 1.63. The molecule has 0 bridgehead atoms. The minimum Gasteiger partial charge on any atom is -0.508 e. The molecule has 0 aromatic heterocycles. The maximum absolute atomic E-state index is 9.92. The second kappa shape index (κ2) is 7.71. The summed E-state index contributed by atoms with van der Waals surface area (Å²) in [5.74, 6) is 2.15. The highest BCUT2D eigenvalue weighted by molar-refractivity contribution is 5.52. The van der Waals surface area contributed by atoms with E-state index >= 15 is 0 Å². The van der Waals surface area contributed by atoms with Gasteiger partial charge in [0, 0.05) is 5.92 Å². The number of phenols is 1. The van der Waals surface area contributed by atoms with Crippen LogP contribution in [0.15, 0.2) is 60.7 Å². The fourth-order valence-electron chi connectivity index (χ4n) is 4.44. The summed E-state index contributed by atoms with van der Waals surface area (Å²) in [6.07, 6.45) is 2.12. The molecule has 144 valence electrons. The molecule has 0 radical (unpaired) electrons. The van der Waals surface area contributed by atoms with Crippen LogP contribution in [0.4, 0.5) is 0 Å². The van der Waals surface area contributed by atoms with E-state index in [9.17, 15) is 5.11 Å². The molecule has 1 N–H and O–H groups in total. The van der Waals surface area contributed by atoms with Crippen LogP contribution in [-0.2, 0) is 13.0 Å². The highest BCUT2D eigenvalue weighted by atomic mass is 16.5. The van der Waals surface area contributed by atoms with Crippen LogP contribution in [-0.4, -0.2) is 5.11 Å². The van der Waals surface area contributed by atoms with E-state index < -0.39 is 0 Å². The summed E-state index contributed by atoms with van der Waals surface area (Å²) < 4.78 is 6.18. The summed E-state index contributed by atoms with van der Waals surface area (Å²) in [6.45, 7) is 7.14. The Morgan fingerprint density at radius 1 is 1.04 bits per heavy atom. The number of hydrogen-bond donors (Lipinski definition) is 1. The van der Waals surface area contributed by atoms with Gasteiger partial charge >= 0.3 is 0 Å². The standard InChI is InChI=1S/C26H28O2/c1-17(2)24-15-20(10-12-25(24)28-16-19-7-5-4-6-8-19)23-11-9-21-14-22(27)13-18(3)26(21)23/h4-8,10,12-15,17,23,27H,9,11,16H2,1-3H3. The highest BCUT2D eigenvalue weighted by Gasteiger charge is 2.27. The number of hydrogen-bond acceptors (Lipinski definition) is 2. The van der Waals surface area contributed by atoms with Crippen molar-refractivity contribution < 1.29 is 9.84 Å². The Hall–Kier alpha value is -2.74. The van der Waals surface area contributed by atoms with Crippen LogP contribution in [0.5, 0.6) is 11.5 Å². The van der Waals surface area contributed by atoms with Crippen molar-refractivity contribution in [2.75, 3.05) is 0 Å². The number of rotatable bonds is 5. The summed E-state index contributed by atoms with van der Waals surface area (Å²) in [7, 11) is 0. The van der Waals surface area contributed by atoms with Crippen molar-refractivity contribution in [2.24, 2.45) is 0 Å². The molecule has 2 nitrogen and oxygen atoms in total. The van der Waals surface area contributed by atoms with Gasteiger partial charge in [0.05, 0.1) is 0 Å². The number of aromatic hydroxyl groups is 1. The maximum atomic E-state index is 9.92. The molecule has 0 fully saturated rings. The van der Waals surface area contributed by atoms with Crippen LogP contribution in [0.2, 0.25) is 0 Å². The van der Waals surface area contributed by atoms with Gasteiger partial charge in [-0.2, -0.15) is 0 Å². The van der Waals surface area contributed by atoms with Gasteiger partial charge in [0.15, 0.2) is 0 Å². The summed E-state index contributed by atoms with van der Waals surface area (Å²) in [6, 6.07) is 20.8. The molecule has 0 aliphatic heterocycles. The molecule has 1 unspecified atom stereocenters. The second-order valence-electron chi connectivity index (χ2n) is 8.15. The summed E-state index contributed by atoms with van der Waals surface area (Å²) in [5, 5.41) is 9.92. The molecule has 1 atom stereocenters. The quantitative estimate of drug-likeness (QED) is 0.555. The first-order valence-electron chi connectivity index (χ1n) is 10.2. The number of benzene rings is 3. The van der Waals surface area contributed by atoms with E-state index in [0.717, 1.165) is 18.6 Å². The van der Waals surface area contributed by atoms with E-state index in [0.29, 0.717) is 24.2 Å². The van der Waals surface area contributed by atoms with Crippen LogP contribution in [0.3, 0.4) is 0 Å². The zero-order valence-corrected chi connectivity index (χ0v) is 16.9. The number of aryl methyl sites for hydroxylation is 2. The van der Waals surface area contributed by atoms with Crippen molar-refractivity contribution >= 4 is 0 Å². The number of fused-ring (bicyclic) bond motifs is 1. The molecular formula is C26H28O2. The van der Waals surface area contributed by atoms with Crippen molar-refractivity contribution in [3.63, 3.8) is 0 Å². The van der Waals surface area contributed by atoms with Crippen molar-refractivity contribution in [3.05, 3.63) is 94.0 Å². The molecular weight excluding hydrogens is 344 g/mol. The minimum absolute atomic E-state index is 0.379. The van der Waals surface area contributed by atoms with Gasteiger partial charge in [0.1, 0.15) is 18.1 Å². The van der Waals surface area contributed by atoms with Crippen molar-refractivity contribution in [3.8, 4) is 11.5 Å². The fraction of sp³-hybridized carbons (Fsp3) is 0.308. The van der Waals surface area contributed by atoms with Crippen LogP contribution in [0.1, 0.15) is 65.5 Å². The number of ether oxygens (including phenoxy) is 1. The van der Waals surface area contributed by atoms with Crippen molar-refractivity contribution in [1.82, 2.24) is 0 Å². The summed E-state index contributed by atoms with van der Waals surface area (Å²) in [4.78, 5) is 0. The third-order valence-electron chi connectivity index (χ3n) is 5.80. The van der Waals surface area contributed by atoms with Gasteiger partial charge in [-0.05, 0) is 77.3 Å². The first-order chi connectivity index (χ1) is 13.5. The third-order valence-corrected chi connectivity index (χ3v) is 5.80. The molecule has 1 aliphatic carbocycles. The van der Waals surface area contributed by atoms with Crippen LogP contribution < -0.4 is 4.74 Å². The molecule has 1 aliphatic rings. The summed E-state index contributed by atoms with van der Waals surface area (Å²) in [5.41, 5.74) is 7.67. The predicted molar refractivity (Wildman–Crippen MR) is 114 cm³/mol. The molecule has 0 saturated heterocycles. The Morgan fingerprint density at radius 2 is 1.82 bits per heavy atom. The molecule has 0 saturated carbocycles. The van der Waals surface area contributed by atoms with Gasteiger partial charge in [0.25, 0.3) is 0 Å². The molecule has 0 amide bonds. The van der Waals surface area contributed by atoms with Crippen LogP contribution in [0.25, 0.3) is 0 Å². The smallest absolute Gasteiger partial charge is 0.123 e. The van der Waals surface area contributed by atoms with Gasteiger partial charge in [-0.1, -0.05) is 56.3 Å². The van der Waals surface area contributed by atoms with E-state index in [1.165, 1.54) is 33.4 Å². The zero-order chi connectivity index (χ0) is 19.7. The Labute approximate surface area is 167 Å². The van der Waals surface area contributed by atoms with Crippen molar-refractivity contribution in [2.45, 2.75) is 52.1 Å². The molecule has 4 rings (SSSR count). The summed E-state index contributed by atoms with van der Waals surface area (Å²) >= 11 is 0. The highest BCUT2D eigenvalue weighted by Crippen LogP contribution is 2.43. The van der Waals surface area contributed by atoms with Gasteiger partial charge < -0.3 is 9.84 Å². The van der Waals surface area contributed by atoms with Gasteiger partial charge in [0.2, 0.25) is 0 Å². The Morgan fingerprint density at radius 3 is 2.57 bits per heavy atom. The average molecular weight is 373 g/mol. The van der Waals surface area contributed by atoms with Gasteiger partial charge in [-0.25, -0.2) is 0 Å². The molecule has 3 aromatic carbocycles. The first-order valence-corrected chi connectivity index (χ1v) is 10.2. The van der Waals surface area contributed by atoms with Gasteiger partial charge in [-0.3, -0.25) is 0 Å². The van der Waals surface area contributed by atoms with E-state index in [1.54, 1.807) is 0 Å². The lowest BCUT2D eigenvalue weighted by Crippen LogP contribution is -2.04. The third kappa shape index (κ3) is 3.64. The maximum Gasteiger partial charge on any atom is 0.123 e. The topological polar surface area (TPSA) is 29.5 Å². The molecule has 0 heterocycles. The second-order valence-corrected chi connectivity index (χ2v) is 8.15. The van der Waals surface area contributed by atoms with Crippen LogP contribution >= 0.6 is 0 Å². The van der Waals surface area contributed by atoms with Gasteiger partial charge in [-0.15, -0.1) is 0 Å². The lowest BCUT2D eigenvalue weighted by atomic mass is 9.87. The molecule has 2 heteroatoms. The number of phenolic OH excluding ortho intramolecular Hbond substituents is 1. The lowest BCUT2D eigenvalue weighted by Gasteiger charge is -2.20. The van der Waals surface area contributed by atoms with E-state index in [1.807, 2.05) is 30.3 Å². The average Bonchev–Trinajstić information content (AvgIpc) is 3.11. The monoisotopic (exact) mass is 372 g/mol. The molecule has 0 spiro atoms. The Bertz CT molecular complexity index is 973. The van der Waals surface area contributed by atoms with E-state index in [2.05, 4.69) is 51.1 Å². The van der Waals surface area contributed by atoms with Crippen LogP contribution in [0, 0.1) is 6.92 Å². The van der Waals surface area contributed by atoms with Crippen molar-refractivity contribution in [1.29, 1.82) is 0 Å². The lowest BCUT2D eigenvalue weighted by molar-refractivity contribution is 0.301. The SMILES string of the molecule is Cc1cc(O)cc2c1C(c1ccc(OCc3ccccc3)c(C(C)C)c1)CC2. The minimum atomic E-state index is 0.379. The van der Waals surface area contributed by atoms with E-state index in [4.69, 9.17) is 4.74 Å². The normalized spacial score (nSPS) is 15.6. The molecule has 28 heavy (non-hydrogen) atoms. The molecule has 3 aromatic rings. The largest absolute Gasteiger partial charge is 0.508 e.